The summed E-state index contributed by atoms with van der Waals surface area (Å²) in [6.07, 6.45) is 0. The van der Waals surface area contributed by atoms with E-state index in [9.17, 15) is 4.79 Å². The zero-order valence-corrected chi connectivity index (χ0v) is 8.67. The summed E-state index contributed by atoms with van der Waals surface area (Å²) in [5, 5.41) is 0. The van der Waals surface area contributed by atoms with Crippen LogP contribution in [0.4, 0.5) is 0 Å². The van der Waals surface area contributed by atoms with Crippen LogP contribution in [0, 0.1) is 6.07 Å². The van der Waals surface area contributed by atoms with Crippen LogP contribution in [0.1, 0.15) is 15.9 Å². The van der Waals surface area contributed by atoms with E-state index in [1.54, 1.807) is 18.2 Å². The number of rotatable bonds is 0. The first-order valence-electron chi connectivity index (χ1n) is 3.04. The van der Waals surface area contributed by atoms with Crippen LogP contribution in [-0.2, 0) is 44.1 Å². The maximum atomic E-state index is 10.8. The van der Waals surface area contributed by atoms with Crippen molar-refractivity contribution in [2.45, 2.75) is 6.61 Å². The average molecular weight is 222 g/mol. The first-order chi connectivity index (χ1) is 4.88. The number of hydrogen-bond donors (Lipinski definition) is 0. The Morgan fingerprint density at radius 1 is 1.55 bits per heavy atom. The summed E-state index contributed by atoms with van der Waals surface area (Å²) in [5.74, 6) is -0.219. The third-order valence-corrected chi connectivity index (χ3v) is 1.53. The summed E-state index contributed by atoms with van der Waals surface area (Å²) in [6, 6.07) is 8.10. The quantitative estimate of drug-likeness (QED) is 0.486. The molecule has 2 nitrogen and oxygen atoms in total. The number of hydrogen-bond acceptors (Lipinski definition) is 2. The maximum Gasteiger partial charge on any atom is 0.313 e. The van der Waals surface area contributed by atoms with Crippen molar-refractivity contribution in [1.82, 2.24) is 0 Å². The van der Waals surface area contributed by atoms with E-state index in [-0.39, 0.29) is 38.7 Å². The van der Waals surface area contributed by atoms with Crippen LogP contribution in [-0.4, -0.2) is 5.97 Å². The van der Waals surface area contributed by atoms with Crippen molar-refractivity contribution in [3.63, 3.8) is 0 Å². The predicted octanol–water partition coefficient (Wildman–Crippen LogP) is 1.15. The van der Waals surface area contributed by atoms with Crippen molar-refractivity contribution in [2.75, 3.05) is 0 Å². The van der Waals surface area contributed by atoms with Crippen molar-refractivity contribution in [2.24, 2.45) is 0 Å². The second kappa shape index (κ2) is 3.46. The van der Waals surface area contributed by atoms with E-state index in [0.717, 1.165) is 5.56 Å². The molecule has 1 aliphatic heterocycles. The van der Waals surface area contributed by atoms with E-state index < -0.39 is 0 Å². The Balaban J connectivity index is 0.000000605. The minimum Gasteiger partial charge on any atom is -0.471 e. The summed E-state index contributed by atoms with van der Waals surface area (Å²) >= 11 is 0. The molecule has 0 fully saturated rings. The zero-order chi connectivity index (χ0) is 6.97. The summed E-state index contributed by atoms with van der Waals surface area (Å²) in [4.78, 5) is 10.8. The summed E-state index contributed by atoms with van der Waals surface area (Å²) in [6.45, 7) is 0.408. The number of fused-ring (bicyclic) bond motifs is 1. The molecule has 1 radical (unpaired) electrons. The molecule has 0 N–H and O–H groups in total. The molecule has 0 aliphatic carbocycles. The van der Waals surface area contributed by atoms with Crippen LogP contribution in [0.25, 0.3) is 0 Å². The van der Waals surface area contributed by atoms with E-state index >= 15 is 0 Å². The van der Waals surface area contributed by atoms with Gasteiger partial charge in [0.1, 0.15) is 0 Å². The fourth-order valence-electron chi connectivity index (χ4n) is 1.00. The molecule has 0 unspecified atom stereocenters. The van der Waals surface area contributed by atoms with Gasteiger partial charge in [-0.15, -0.1) is 5.56 Å². The molecule has 1 aromatic carbocycles. The molecule has 3 heteroatoms. The van der Waals surface area contributed by atoms with Crippen molar-refractivity contribution < 1.29 is 42.2 Å². The molecule has 1 heterocycles. The van der Waals surface area contributed by atoms with Gasteiger partial charge in [0.15, 0.2) is 0 Å². The summed E-state index contributed by atoms with van der Waals surface area (Å²) < 4.78 is 4.76. The maximum absolute atomic E-state index is 10.8. The van der Waals surface area contributed by atoms with Crippen molar-refractivity contribution in [3.05, 3.63) is 35.4 Å². The van der Waals surface area contributed by atoms with Gasteiger partial charge in [0.2, 0.25) is 0 Å². The van der Waals surface area contributed by atoms with Gasteiger partial charge in [-0.05, 0) is 5.56 Å². The first kappa shape index (κ1) is 8.89. The number of ether oxygens (including phenoxy) is 1. The molecule has 0 saturated heterocycles. The second-order valence-corrected chi connectivity index (χ2v) is 2.16. The molecule has 0 bridgehead atoms. The van der Waals surface area contributed by atoms with E-state index in [4.69, 9.17) is 4.74 Å². The fraction of sp³-hybridized carbons (Fsp3) is 0.125. The Kier molecular flexibility index (Phi) is 2.80. The molecule has 11 heavy (non-hydrogen) atoms. The Morgan fingerprint density at radius 3 is 3.09 bits per heavy atom. The van der Waals surface area contributed by atoms with Crippen LogP contribution in [0.5, 0.6) is 0 Å². The number of benzene rings is 1. The Labute approximate surface area is 89.8 Å². The molecule has 0 spiro atoms. The van der Waals surface area contributed by atoms with Gasteiger partial charge >= 0.3 is 5.97 Å². The van der Waals surface area contributed by atoms with Gasteiger partial charge in [-0.25, -0.2) is 4.79 Å². The number of carbonyl (C=O) groups is 1. The smallest absolute Gasteiger partial charge is 0.313 e. The first-order valence-corrected chi connectivity index (χ1v) is 3.04. The Bertz CT molecular complexity index is 283. The van der Waals surface area contributed by atoms with Crippen molar-refractivity contribution >= 4 is 5.97 Å². The third kappa shape index (κ3) is 1.52. The Morgan fingerprint density at radius 2 is 2.36 bits per heavy atom. The molecule has 2 rings (SSSR count). The van der Waals surface area contributed by atoms with Gasteiger partial charge in [0.25, 0.3) is 0 Å². The largest absolute Gasteiger partial charge is 0.471 e. The van der Waals surface area contributed by atoms with Crippen LogP contribution in [0.15, 0.2) is 18.2 Å². The molecule has 1 aromatic rings. The SMILES string of the molecule is O=C1OCc2c[c-]ccc21.[Y]. The molecule has 53 valence electrons. The number of esters is 1. The molecular formula is C8H5O2Y-. The third-order valence-electron chi connectivity index (χ3n) is 1.53. The normalized spacial score (nSPS) is 13.3. The average Bonchev–Trinajstić information content (AvgIpc) is 2.34. The van der Waals surface area contributed by atoms with E-state index in [0.29, 0.717) is 12.2 Å². The van der Waals surface area contributed by atoms with Crippen LogP contribution in [0.2, 0.25) is 0 Å². The monoisotopic (exact) mass is 222 g/mol. The van der Waals surface area contributed by atoms with Crippen LogP contribution < -0.4 is 0 Å². The van der Waals surface area contributed by atoms with Gasteiger partial charge in [-0.1, -0.05) is 0 Å². The topological polar surface area (TPSA) is 26.3 Å². The second-order valence-electron chi connectivity index (χ2n) is 2.16. The molecule has 0 saturated carbocycles. The van der Waals surface area contributed by atoms with Crippen LogP contribution in [0.3, 0.4) is 0 Å². The van der Waals surface area contributed by atoms with E-state index in [1.807, 2.05) is 0 Å². The van der Waals surface area contributed by atoms with Gasteiger partial charge in [0.05, 0.1) is 6.61 Å². The molecule has 0 amide bonds. The summed E-state index contributed by atoms with van der Waals surface area (Å²) in [5.41, 5.74) is 1.62. The minimum absolute atomic E-state index is 0. The fourth-order valence-corrected chi connectivity index (χ4v) is 1.00. The standard InChI is InChI=1S/C8H5O2.Y/c9-8-7-4-2-1-3-6(7)5-10-8;/h2-4H,5H2;/q-1;. The predicted molar refractivity (Wildman–Crippen MR) is 34.4 cm³/mol. The van der Waals surface area contributed by atoms with Gasteiger partial charge in [-0.3, -0.25) is 0 Å². The molecular weight excluding hydrogens is 217 g/mol. The van der Waals surface area contributed by atoms with Gasteiger partial charge < -0.3 is 4.74 Å². The summed E-state index contributed by atoms with van der Waals surface area (Å²) in [7, 11) is 0. The molecule has 1 aliphatic rings. The van der Waals surface area contributed by atoms with Crippen molar-refractivity contribution in [1.29, 1.82) is 0 Å². The molecule has 0 atom stereocenters. The van der Waals surface area contributed by atoms with Crippen LogP contribution >= 0.6 is 0 Å². The Hall–Kier alpha value is -0.206. The number of carbonyl (C=O) groups excluding carboxylic acids is 1. The van der Waals surface area contributed by atoms with E-state index in [1.165, 1.54) is 0 Å². The zero-order valence-electron chi connectivity index (χ0n) is 5.83. The minimum atomic E-state index is -0.219. The van der Waals surface area contributed by atoms with E-state index in [2.05, 4.69) is 6.07 Å². The van der Waals surface area contributed by atoms with Crippen molar-refractivity contribution in [3.8, 4) is 0 Å². The van der Waals surface area contributed by atoms with Gasteiger partial charge in [-0.2, -0.15) is 24.3 Å². The molecule has 0 aromatic heterocycles. The number of cyclic esters (lactones) is 1. The van der Waals surface area contributed by atoms with Gasteiger partial charge in [0, 0.05) is 32.7 Å².